The standard InChI is InChI=1S/C47H83NO6/c1-7-8-9-10-11-12-13-14-15-16-17-21-41(49)53-31-40-42(50)43(51)44(52)45(54-40)48-35-26-28-46(5)34(30-35)22-23-36-38-25-24-37(33(4)20-18-19-32(2)3)47(38,6)29-27-39(36)46/h22,32-33,35-40,42-45,48,50-52H,7-21,23-31H2,1-6H3/t33-,35+,36+,37-,38+,39+,40-,42-,43-,44+,45+,46+,47-/m1/s1. The highest BCUT2D eigenvalue weighted by Gasteiger charge is 2.59. The Labute approximate surface area is 330 Å². The van der Waals surface area contributed by atoms with E-state index in [1.54, 1.807) is 5.57 Å². The molecule has 0 amide bonds. The SMILES string of the molecule is CCCCCCCCCCCCCC(=O)OC[C@H]1O[C@H](N[C@H]2CC[C@@]3(C)C(=CC[C@H]4[C@@H]5CC[C@H]([C@H](C)CCCC(C)C)[C@@]5(C)CC[C@@H]43)C2)[C@@H](O)[C@H](O)[C@@H]1O. The highest BCUT2D eigenvalue weighted by Crippen LogP contribution is 2.67. The molecule has 0 aromatic carbocycles. The van der Waals surface area contributed by atoms with Crippen LogP contribution in [-0.4, -0.2) is 64.6 Å². The van der Waals surface area contributed by atoms with Gasteiger partial charge < -0.3 is 24.8 Å². The number of fused-ring (bicyclic) bond motifs is 5. The molecule has 4 N–H and O–H groups in total. The summed E-state index contributed by atoms with van der Waals surface area (Å²) in [6.07, 6.45) is 24.5. The molecule has 5 aliphatic rings. The normalized spacial score (nSPS) is 38.4. The summed E-state index contributed by atoms with van der Waals surface area (Å²) in [6.45, 7) is 14.6. The average molecular weight is 758 g/mol. The van der Waals surface area contributed by atoms with Gasteiger partial charge in [-0.25, -0.2) is 0 Å². The summed E-state index contributed by atoms with van der Waals surface area (Å²) in [6, 6.07) is 0.114. The van der Waals surface area contributed by atoms with Crippen molar-refractivity contribution in [1.82, 2.24) is 5.32 Å². The predicted molar refractivity (Wildman–Crippen MR) is 219 cm³/mol. The molecule has 5 rings (SSSR count). The lowest BCUT2D eigenvalue weighted by Gasteiger charge is -2.59. The molecule has 1 aliphatic heterocycles. The molecule has 1 heterocycles. The fourth-order valence-corrected chi connectivity index (χ4v) is 12.5. The van der Waals surface area contributed by atoms with E-state index in [1.807, 2.05) is 0 Å². The van der Waals surface area contributed by atoms with Gasteiger partial charge in [0, 0.05) is 12.5 Å². The van der Waals surface area contributed by atoms with Gasteiger partial charge in [-0.2, -0.15) is 0 Å². The molecule has 4 fully saturated rings. The number of nitrogens with one attached hydrogen (secondary N) is 1. The van der Waals surface area contributed by atoms with E-state index in [9.17, 15) is 20.1 Å². The first-order valence-electron chi connectivity index (χ1n) is 23.2. The van der Waals surface area contributed by atoms with Gasteiger partial charge in [0.05, 0.1) is 0 Å². The van der Waals surface area contributed by atoms with Crippen LogP contribution in [0.25, 0.3) is 0 Å². The largest absolute Gasteiger partial charge is 0.463 e. The van der Waals surface area contributed by atoms with Crippen LogP contribution in [0.15, 0.2) is 11.6 Å². The van der Waals surface area contributed by atoms with Crippen molar-refractivity contribution >= 4 is 5.97 Å². The molecular weight excluding hydrogens is 675 g/mol. The highest BCUT2D eigenvalue weighted by molar-refractivity contribution is 5.69. The maximum absolute atomic E-state index is 12.6. The Morgan fingerprint density at radius 1 is 0.833 bits per heavy atom. The van der Waals surface area contributed by atoms with Crippen LogP contribution < -0.4 is 5.32 Å². The van der Waals surface area contributed by atoms with Gasteiger partial charge in [-0.1, -0.05) is 137 Å². The van der Waals surface area contributed by atoms with Gasteiger partial charge in [0.1, 0.15) is 37.3 Å². The van der Waals surface area contributed by atoms with E-state index in [0.717, 1.165) is 74.0 Å². The topological polar surface area (TPSA) is 108 Å². The van der Waals surface area contributed by atoms with E-state index in [-0.39, 0.29) is 24.0 Å². The fraction of sp³-hybridized carbons (Fsp3) is 0.936. The lowest BCUT2D eigenvalue weighted by molar-refractivity contribution is -0.241. The number of aliphatic hydroxyl groups is 3. The van der Waals surface area contributed by atoms with Gasteiger partial charge in [0.15, 0.2) is 0 Å². The van der Waals surface area contributed by atoms with Gasteiger partial charge >= 0.3 is 5.97 Å². The molecular formula is C47H83NO6. The number of unbranched alkanes of at least 4 members (excludes halogenated alkanes) is 10. The van der Waals surface area contributed by atoms with Crippen LogP contribution in [0.5, 0.6) is 0 Å². The van der Waals surface area contributed by atoms with E-state index in [2.05, 4.69) is 52.9 Å². The third-order valence-corrected chi connectivity index (χ3v) is 15.8. The molecule has 7 heteroatoms. The number of hydrogen-bond acceptors (Lipinski definition) is 7. The monoisotopic (exact) mass is 758 g/mol. The number of rotatable bonds is 21. The van der Waals surface area contributed by atoms with Crippen molar-refractivity contribution in [2.75, 3.05) is 6.61 Å². The quantitative estimate of drug-likeness (QED) is 0.0525. The zero-order chi connectivity index (χ0) is 38.9. The van der Waals surface area contributed by atoms with Crippen LogP contribution >= 0.6 is 0 Å². The number of allylic oxidation sites excluding steroid dienone is 1. The summed E-state index contributed by atoms with van der Waals surface area (Å²) in [5, 5.41) is 36.0. The molecule has 4 aliphatic carbocycles. The molecule has 54 heavy (non-hydrogen) atoms. The van der Waals surface area contributed by atoms with Crippen LogP contribution in [0, 0.1) is 46.3 Å². The van der Waals surface area contributed by atoms with E-state index < -0.39 is 30.6 Å². The molecule has 3 saturated carbocycles. The minimum absolute atomic E-state index is 0.114. The van der Waals surface area contributed by atoms with Gasteiger partial charge in [-0.05, 0) is 104 Å². The zero-order valence-electron chi connectivity index (χ0n) is 35.5. The second kappa shape index (κ2) is 20.6. The number of ether oxygens (including phenoxy) is 2. The Hall–Kier alpha value is -0.990. The van der Waals surface area contributed by atoms with E-state index >= 15 is 0 Å². The summed E-state index contributed by atoms with van der Waals surface area (Å²) in [5.41, 5.74) is 2.26. The lowest BCUT2D eigenvalue weighted by atomic mass is 9.47. The molecule has 7 nitrogen and oxygen atoms in total. The summed E-state index contributed by atoms with van der Waals surface area (Å²) >= 11 is 0. The molecule has 312 valence electrons. The molecule has 0 aromatic heterocycles. The van der Waals surface area contributed by atoms with Crippen molar-refractivity contribution < 1.29 is 29.6 Å². The number of carbonyl (C=O) groups is 1. The Bertz CT molecular complexity index is 1170. The summed E-state index contributed by atoms with van der Waals surface area (Å²) in [7, 11) is 0. The van der Waals surface area contributed by atoms with Gasteiger partial charge in [0.25, 0.3) is 0 Å². The molecule has 0 spiro atoms. The van der Waals surface area contributed by atoms with Gasteiger partial charge in [-0.3, -0.25) is 10.1 Å². The first-order valence-corrected chi connectivity index (χ1v) is 23.2. The van der Waals surface area contributed by atoms with E-state index in [1.165, 1.54) is 103 Å². The smallest absolute Gasteiger partial charge is 0.305 e. The number of carbonyl (C=O) groups excluding carboxylic acids is 1. The highest BCUT2D eigenvalue weighted by atomic mass is 16.6. The van der Waals surface area contributed by atoms with Crippen LogP contribution in [-0.2, 0) is 14.3 Å². The Kier molecular flexibility index (Phi) is 16.8. The molecule has 0 bridgehead atoms. The maximum Gasteiger partial charge on any atom is 0.305 e. The second-order valence-corrected chi connectivity index (χ2v) is 19.9. The van der Waals surface area contributed by atoms with E-state index in [4.69, 9.17) is 9.47 Å². The summed E-state index contributed by atoms with van der Waals surface area (Å²) < 4.78 is 11.7. The first kappa shape index (κ1) is 44.1. The van der Waals surface area contributed by atoms with Crippen molar-refractivity contribution in [3.05, 3.63) is 11.6 Å². The minimum atomic E-state index is -1.38. The van der Waals surface area contributed by atoms with Gasteiger partial charge in [-0.15, -0.1) is 0 Å². The fourth-order valence-electron chi connectivity index (χ4n) is 12.5. The van der Waals surface area contributed by atoms with Crippen molar-refractivity contribution in [1.29, 1.82) is 0 Å². The van der Waals surface area contributed by atoms with Crippen LogP contribution in [0.3, 0.4) is 0 Å². The van der Waals surface area contributed by atoms with Crippen LogP contribution in [0.1, 0.15) is 189 Å². The number of esters is 1. The molecule has 0 unspecified atom stereocenters. The molecule has 13 atom stereocenters. The summed E-state index contributed by atoms with van der Waals surface area (Å²) in [4.78, 5) is 12.6. The van der Waals surface area contributed by atoms with Crippen molar-refractivity contribution in [3.63, 3.8) is 0 Å². The van der Waals surface area contributed by atoms with Crippen molar-refractivity contribution in [3.8, 4) is 0 Å². The van der Waals surface area contributed by atoms with Crippen LogP contribution in [0.4, 0.5) is 0 Å². The minimum Gasteiger partial charge on any atom is -0.463 e. The van der Waals surface area contributed by atoms with E-state index in [0.29, 0.717) is 11.8 Å². The molecule has 0 radical (unpaired) electrons. The molecule has 0 aromatic rings. The Balaban J connectivity index is 1.06. The second-order valence-electron chi connectivity index (χ2n) is 19.9. The van der Waals surface area contributed by atoms with Crippen molar-refractivity contribution in [2.45, 2.75) is 226 Å². The van der Waals surface area contributed by atoms with Crippen LogP contribution in [0.2, 0.25) is 0 Å². The zero-order valence-corrected chi connectivity index (χ0v) is 35.5. The third-order valence-electron chi connectivity index (χ3n) is 15.8. The Morgan fingerprint density at radius 2 is 1.52 bits per heavy atom. The van der Waals surface area contributed by atoms with Crippen molar-refractivity contribution in [2.24, 2.45) is 46.3 Å². The lowest BCUT2D eigenvalue weighted by Crippen LogP contribution is -2.64. The number of aliphatic hydroxyl groups excluding tert-OH is 3. The van der Waals surface area contributed by atoms with Gasteiger partial charge in [0.2, 0.25) is 0 Å². The Morgan fingerprint density at radius 3 is 2.20 bits per heavy atom. The predicted octanol–water partition coefficient (Wildman–Crippen LogP) is 10.0. The molecule has 1 saturated heterocycles. The first-order chi connectivity index (χ1) is 25.9. The maximum atomic E-state index is 12.6. The number of hydrogen-bond donors (Lipinski definition) is 4. The third kappa shape index (κ3) is 10.7. The summed E-state index contributed by atoms with van der Waals surface area (Å²) in [5.74, 6) is 4.56. The average Bonchev–Trinajstić information content (AvgIpc) is 3.50.